The Labute approximate surface area is 75.4 Å². The largest absolute Gasteiger partial charge is 0.296 e. The zero-order chi connectivity index (χ0) is 9.68. The first-order chi connectivity index (χ1) is 6.40. The predicted molar refractivity (Wildman–Crippen MR) is 47.5 cm³/mol. The zero-order valence-corrected chi connectivity index (χ0v) is 7.51. The Kier molecular flexibility index (Phi) is 3.08. The molecule has 0 radical (unpaired) electrons. The molecule has 0 aliphatic heterocycles. The molecular formula is C8H10N4O. The molecule has 13 heavy (non-hydrogen) atoms. The molecule has 0 aromatic carbocycles. The molecule has 0 fully saturated rings. The summed E-state index contributed by atoms with van der Waals surface area (Å²) in [6, 6.07) is 0. The predicted octanol–water partition coefficient (Wildman–Crippen LogP) is 0.963. The number of carbonyl (C=O) groups is 1. The SMILES string of the molecule is CC.O=Cc1cn2nccnc2n1. The molecule has 0 saturated heterocycles. The molecule has 2 heterocycles. The van der Waals surface area contributed by atoms with Crippen LogP contribution < -0.4 is 0 Å². The van der Waals surface area contributed by atoms with Crippen LogP contribution >= 0.6 is 0 Å². The Morgan fingerprint density at radius 2 is 2.15 bits per heavy atom. The molecule has 0 aliphatic rings. The van der Waals surface area contributed by atoms with Crippen molar-refractivity contribution in [1.82, 2.24) is 19.6 Å². The highest BCUT2D eigenvalue weighted by Crippen LogP contribution is 1.95. The third kappa shape index (κ3) is 1.87. The number of hydrogen-bond acceptors (Lipinski definition) is 4. The van der Waals surface area contributed by atoms with Crippen molar-refractivity contribution in [2.45, 2.75) is 13.8 Å². The van der Waals surface area contributed by atoms with E-state index in [0.29, 0.717) is 17.8 Å². The van der Waals surface area contributed by atoms with Crippen LogP contribution in [0.3, 0.4) is 0 Å². The summed E-state index contributed by atoms with van der Waals surface area (Å²) in [5.74, 6) is 0.439. The molecule has 5 heteroatoms. The molecule has 0 unspecified atom stereocenters. The van der Waals surface area contributed by atoms with Crippen LogP contribution in [0.15, 0.2) is 18.6 Å². The van der Waals surface area contributed by atoms with Crippen LogP contribution in [0.4, 0.5) is 0 Å². The van der Waals surface area contributed by atoms with Crippen molar-refractivity contribution < 1.29 is 4.79 Å². The fourth-order valence-corrected chi connectivity index (χ4v) is 0.810. The number of fused-ring (bicyclic) bond motifs is 1. The highest BCUT2D eigenvalue weighted by molar-refractivity contribution is 5.72. The summed E-state index contributed by atoms with van der Waals surface area (Å²) in [6.45, 7) is 4.00. The van der Waals surface area contributed by atoms with Gasteiger partial charge in [-0.05, 0) is 0 Å². The second kappa shape index (κ2) is 4.30. The van der Waals surface area contributed by atoms with E-state index in [-0.39, 0.29) is 0 Å². The van der Waals surface area contributed by atoms with Gasteiger partial charge in [-0.15, -0.1) is 0 Å². The van der Waals surface area contributed by atoms with Crippen LogP contribution in [-0.4, -0.2) is 25.9 Å². The van der Waals surface area contributed by atoms with Gasteiger partial charge in [0, 0.05) is 0 Å². The Morgan fingerprint density at radius 1 is 1.38 bits per heavy atom. The van der Waals surface area contributed by atoms with Gasteiger partial charge < -0.3 is 0 Å². The van der Waals surface area contributed by atoms with E-state index in [0.717, 1.165) is 0 Å². The molecule has 68 valence electrons. The van der Waals surface area contributed by atoms with Gasteiger partial charge in [-0.3, -0.25) is 4.79 Å². The first-order valence-corrected chi connectivity index (χ1v) is 4.02. The van der Waals surface area contributed by atoms with E-state index in [4.69, 9.17) is 0 Å². The summed E-state index contributed by atoms with van der Waals surface area (Å²) in [4.78, 5) is 18.0. The van der Waals surface area contributed by atoms with E-state index in [2.05, 4.69) is 15.1 Å². The molecule has 0 aliphatic carbocycles. The van der Waals surface area contributed by atoms with E-state index in [9.17, 15) is 4.79 Å². The average Bonchev–Trinajstić information content (AvgIpc) is 2.63. The minimum atomic E-state index is 0.344. The molecule has 0 spiro atoms. The van der Waals surface area contributed by atoms with E-state index in [1.807, 2.05) is 13.8 Å². The monoisotopic (exact) mass is 178 g/mol. The van der Waals surface area contributed by atoms with Crippen molar-refractivity contribution in [2.75, 3.05) is 0 Å². The van der Waals surface area contributed by atoms with E-state index >= 15 is 0 Å². The molecule has 0 atom stereocenters. The first kappa shape index (κ1) is 9.31. The number of hydrogen-bond donors (Lipinski definition) is 0. The molecule has 0 bridgehead atoms. The van der Waals surface area contributed by atoms with Crippen LogP contribution in [0.25, 0.3) is 5.78 Å². The Hall–Kier alpha value is -1.78. The van der Waals surface area contributed by atoms with Gasteiger partial charge in [-0.1, -0.05) is 13.8 Å². The van der Waals surface area contributed by atoms with Gasteiger partial charge in [-0.2, -0.15) is 5.10 Å². The van der Waals surface area contributed by atoms with Gasteiger partial charge in [0.2, 0.25) is 0 Å². The summed E-state index contributed by atoms with van der Waals surface area (Å²) in [5.41, 5.74) is 0.344. The maximum Gasteiger partial charge on any atom is 0.251 e. The second-order valence-corrected chi connectivity index (χ2v) is 1.97. The van der Waals surface area contributed by atoms with Crippen molar-refractivity contribution in [3.63, 3.8) is 0 Å². The lowest BCUT2D eigenvalue weighted by Crippen LogP contribution is -1.89. The third-order valence-electron chi connectivity index (χ3n) is 1.26. The standard InChI is InChI=1S/C6H4N4O.C2H6/c11-4-5-3-10-6(9-5)7-1-2-8-10;1-2/h1-4H;1-2H3. The summed E-state index contributed by atoms with van der Waals surface area (Å²) in [5, 5.41) is 3.88. The Morgan fingerprint density at radius 3 is 2.77 bits per heavy atom. The van der Waals surface area contributed by atoms with Crippen LogP contribution in [0.2, 0.25) is 0 Å². The zero-order valence-electron chi connectivity index (χ0n) is 7.51. The molecule has 2 rings (SSSR count). The molecule has 0 saturated carbocycles. The summed E-state index contributed by atoms with van der Waals surface area (Å²) in [7, 11) is 0. The summed E-state index contributed by atoms with van der Waals surface area (Å²) < 4.78 is 1.45. The molecule has 2 aromatic heterocycles. The minimum absolute atomic E-state index is 0.344. The molecule has 0 amide bonds. The van der Waals surface area contributed by atoms with Crippen molar-refractivity contribution in [3.05, 3.63) is 24.3 Å². The van der Waals surface area contributed by atoms with Crippen molar-refractivity contribution in [2.24, 2.45) is 0 Å². The number of rotatable bonds is 1. The van der Waals surface area contributed by atoms with Gasteiger partial charge in [0.05, 0.1) is 18.6 Å². The lowest BCUT2D eigenvalue weighted by molar-refractivity contribution is 0.111. The van der Waals surface area contributed by atoms with Crippen molar-refractivity contribution >= 4 is 12.1 Å². The van der Waals surface area contributed by atoms with Gasteiger partial charge in [0.15, 0.2) is 6.29 Å². The van der Waals surface area contributed by atoms with Crippen molar-refractivity contribution in [3.8, 4) is 0 Å². The number of aromatic nitrogens is 4. The first-order valence-electron chi connectivity index (χ1n) is 4.02. The van der Waals surface area contributed by atoms with Gasteiger partial charge in [0.1, 0.15) is 5.69 Å². The van der Waals surface area contributed by atoms with Crippen LogP contribution in [-0.2, 0) is 0 Å². The average molecular weight is 178 g/mol. The van der Waals surface area contributed by atoms with E-state index in [1.165, 1.54) is 23.1 Å². The Bertz CT molecular complexity index is 363. The molecular weight excluding hydrogens is 168 g/mol. The van der Waals surface area contributed by atoms with E-state index < -0.39 is 0 Å². The number of aldehydes is 1. The quantitative estimate of drug-likeness (QED) is 0.610. The summed E-state index contributed by atoms with van der Waals surface area (Å²) >= 11 is 0. The fraction of sp³-hybridized carbons (Fsp3) is 0.250. The lowest BCUT2D eigenvalue weighted by Gasteiger charge is -1.84. The second-order valence-electron chi connectivity index (χ2n) is 1.97. The molecule has 2 aromatic rings. The third-order valence-corrected chi connectivity index (χ3v) is 1.26. The maximum absolute atomic E-state index is 10.2. The number of imidazole rings is 1. The highest BCUT2D eigenvalue weighted by atomic mass is 16.1. The van der Waals surface area contributed by atoms with Gasteiger partial charge in [0.25, 0.3) is 5.78 Å². The molecule has 5 nitrogen and oxygen atoms in total. The highest BCUT2D eigenvalue weighted by Gasteiger charge is 1.98. The lowest BCUT2D eigenvalue weighted by atomic mass is 10.6. The minimum Gasteiger partial charge on any atom is -0.296 e. The summed E-state index contributed by atoms with van der Waals surface area (Å²) in [6.07, 6.45) is 5.24. The maximum atomic E-state index is 10.2. The van der Waals surface area contributed by atoms with Crippen LogP contribution in [0, 0.1) is 0 Å². The van der Waals surface area contributed by atoms with Crippen LogP contribution in [0.5, 0.6) is 0 Å². The Balaban J connectivity index is 0.000000396. The number of nitrogens with zero attached hydrogens (tertiary/aromatic N) is 4. The van der Waals surface area contributed by atoms with Crippen LogP contribution in [0.1, 0.15) is 24.3 Å². The van der Waals surface area contributed by atoms with E-state index in [1.54, 1.807) is 0 Å². The smallest absolute Gasteiger partial charge is 0.251 e. The fourth-order valence-electron chi connectivity index (χ4n) is 0.810. The topological polar surface area (TPSA) is 60.2 Å². The van der Waals surface area contributed by atoms with Crippen molar-refractivity contribution in [1.29, 1.82) is 0 Å². The van der Waals surface area contributed by atoms with Gasteiger partial charge >= 0.3 is 0 Å². The van der Waals surface area contributed by atoms with Gasteiger partial charge in [-0.25, -0.2) is 14.5 Å². The number of carbonyl (C=O) groups excluding carboxylic acids is 1. The normalized spacial score (nSPS) is 9.08. The molecule has 0 N–H and O–H groups in total.